The van der Waals surface area contributed by atoms with Crippen LogP contribution in [0, 0.1) is 13.8 Å². The van der Waals surface area contributed by atoms with Gasteiger partial charge in [0.05, 0.1) is 33.2 Å². The summed E-state index contributed by atoms with van der Waals surface area (Å²) in [5.41, 5.74) is 6.19. The number of aromatic amines is 1. The van der Waals surface area contributed by atoms with E-state index in [1.54, 1.807) is 26.4 Å². The maximum absolute atomic E-state index is 12.0. The normalized spacial score (nSPS) is 10.8. The van der Waals surface area contributed by atoms with Gasteiger partial charge in [0.1, 0.15) is 0 Å². The summed E-state index contributed by atoms with van der Waals surface area (Å²) in [7, 11) is 4.62. The Morgan fingerprint density at radius 3 is 2.35 bits per heavy atom. The fraction of sp³-hybridized carbons (Fsp3) is 0.389. The maximum Gasteiger partial charge on any atom is 0.240 e. The molecule has 0 aliphatic heterocycles. The minimum absolute atomic E-state index is 0.173. The van der Waals surface area contributed by atoms with Crippen LogP contribution in [0.5, 0.6) is 17.2 Å². The molecule has 0 atom stereocenters. The van der Waals surface area contributed by atoms with Gasteiger partial charge in [-0.2, -0.15) is 10.2 Å². The molecular weight excluding hydrogens is 336 g/mol. The highest BCUT2D eigenvalue weighted by atomic mass is 16.5. The Labute approximate surface area is 152 Å². The average Bonchev–Trinajstić information content (AvgIpc) is 2.96. The van der Waals surface area contributed by atoms with E-state index >= 15 is 0 Å². The number of nitrogens with one attached hydrogen (secondary N) is 2. The van der Waals surface area contributed by atoms with Crippen LogP contribution in [0.4, 0.5) is 0 Å². The Hall–Kier alpha value is -3.03. The van der Waals surface area contributed by atoms with E-state index in [1.165, 1.54) is 13.3 Å². The molecule has 8 nitrogen and oxygen atoms in total. The van der Waals surface area contributed by atoms with E-state index in [0.717, 1.165) is 17.0 Å². The van der Waals surface area contributed by atoms with Crippen molar-refractivity contribution in [2.75, 3.05) is 21.3 Å². The highest BCUT2D eigenvalue weighted by Gasteiger charge is 2.12. The van der Waals surface area contributed by atoms with Gasteiger partial charge in [0.2, 0.25) is 11.7 Å². The number of nitrogens with zero attached hydrogens (tertiary/aromatic N) is 2. The first kappa shape index (κ1) is 19.3. The molecule has 0 saturated heterocycles. The Morgan fingerprint density at radius 1 is 1.19 bits per heavy atom. The number of hydrogen-bond acceptors (Lipinski definition) is 6. The van der Waals surface area contributed by atoms with Crippen LogP contribution < -0.4 is 19.6 Å². The van der Waals surface area contributed by atoms with E-state index in [1.807, 2.05) is 13.8 Å². The van der Waals surface area contributed by atoms with Crippen molar-refractivity contribution in [3.63, 3.8) is 0 Å². The van der Waals surface area contributed by atoms with Gasteiger partial charge in [-0.25, -0.2) is 5.43 Å². The third-order valence-corrected chi connectivity index (χ3v) is 3.97. The minimum Gasteiger partial charge on any atom is -0.493 e. The molecule has 0 aliphatic carbocycles. The number of H-pyrrole nitrogens is 1. The Kier molecular flexibility index (Phi) is 6.60. The fourth-order valence-corrected chi connectivity index (χ4v) is 2.59. The summed E-state index contributed by atoms with van der Waals surface area (Å²) in [5.74, 6) is 1.37. The molecule has 1 aromatic heterocycles. The molecule has 0 spiro atoms. The number of amides is 1. The van der Waals surface area contributed by atoms with E-state index in [4.69, 9.17) is 14.2 Å². The highest BCUT2D eigenvalue weighted by molar-refractivity contribution is 5.84. The van der Waals surface area contributed by atoms with Crippen molar-refractivity contribution in [3.05, 3.63) is 34.6 Å². The summed E-state index contributed by atoms with van der Waals surface area (Å²) in [6, 6.07) is 3.49. The lowest BCUT2D eigenvalue weighted by Crippen LogP contribution is -2.18. The standard InChI is InChI=1S/C18H24N4O4/c1-11-14(12(2)21-20-11)6-7-17(23)22-19-10-13-8-15(24-3)18(26-5)16(9-13)25-4/h8-10H,6-7H2,1-5H3,(H,20,21)(H,22,23)/b19-10-. The molecule has 0 fully saturated rings. The van der Waals surface area contributed by atoms with Crippen LogP contribution in [-0.4, -0.2) is 43.6 Å². The third kappa shape index (κ3) is 4.53. The van der Waals surface area contributed by atoms with Gasteiger partial charge in [-0.15, -0.1) is 0 Å². The largest absolute Gasteiger partial charge is 0.493 e. The first-order chi connectivity index (χ1) is 12.5. The topological polar surface area (TPSA) is 97.8 Å². The van der Waals surface area contributed by atoms with E-state index < -0.39 is 0 Å². The number of aryl methyl sites for hydroxylation is 2. The van der Waals surface area contributed by atoms with Crippen LogP contribution in [-0.2, 0) is 11.2 Å². The highest BCUT2D eigenvalue weighted by Crippen LogP contribution is 2.37. The van der Waals surface area contributed by atoms with Crippen molar-refractivity contribution in [3.8, 4) is 17.2 Å². The van der Waals surface area contributed by atoms with Gasteiger partial charge in [-0.1, -0.05) is 0 Å². The molecule has 1 amide bonds. The molecule has 0 bridgehead atoms. The van der Waals surface area contributed by atoms with E-state index in [2.05, 4.69) is 20.7 Å². The van der Waals surface area contributed by atoms with Crippen LogP contribution in [0.1, 0.15) is 28.9 Å². The number of rotatable bonds is 8. The first-order valence-corrected chi connectivity index (χ1v) is 8.12. The summed E-state index contributed by atoms with van der Waals surface area (Å²) < 4.78 is 15.8. The second-order valence-corrected chi connectivity index (χ2v) is 5.66. The van der Waals surface area contributed by atoms with Crippen LogP contribution in [0.3, 0.4) is 0 Å². The van der Waals surface area contributed by atoms with Crippen molar-refractivity contribution in [1.29, 1.82) is 0 Å². The molecule has 1 aromatic carbocycles. The van der Waals surface area contributed by atoms with Crippen LogP contribution in [0.25, 0.3) is 0 Å². The zero-order chi connectivity index (χ0) is 19.1. The predicted molar refractivity (Wildman–Crippen MR) is 98.2 cm³/mol. The van der Waals surface area contributed by atoms with Crippen LogP contribution in [0.2, 0.25) is 0 Å². The molecule has 26 heavy (non-hydrogen) atoms. The fourth-order valence-electron chi connectivity index (χ4n) is 2.59. The van der Waals surface area contributed by atoms with Gasteiger partial charge in [-0.05, 0) is 38.0 Å². The summed E-state index contributed by atoms with van der Waals surface area (Å²) in [6.45, 7) is 3.86. The molecule has 140 valence electrons. The smallest absolute Gasteiger partial charge is 0.240 e. The number of methoxy groups -OCH3 is 3. The SMILES string of the molecule is COc1cc(/C=N\NC(=O)CCc2c(C)n[nH]c2C)cc(OC)c1OC. The maximum atomic E-state index is 12.0. The molecule has 2 aromatic rings. The molecule has 0 saturated carbocycles. The predicted octanol–water partition coefficient (Wildman–Crippen LogP) is 2.14. The number of carbonyl (C=O) groups excluding carboxylic acids is 1. The summed E-state index contributed by atoms with van der Waals surface area (Å²) in [6.07, 6.45) is 2.46. The summed E-state index contributed by atoms with van der Waals surface area (Å²) in [5, 5.41) is 11.0. The zero-order valence-electron chi connectivity index (χ0n) is 15.7. The van der Waals surface area contributed by atoms with Gasteiger partial charge in [0, 0.05) is 17.7 Å². The number of hydrogen-bond donors (Lipinski definition) is 2. The lowest BCUT2D eigenvalue weighted by Gasteiger charge is -2.12. The molecule has 0 unspecified atom stereocenters. The minimum atomic E-state index is -0.173. The lowest BCUT2D eigenvalue weighted by molar-refractivity contribution is -0.121. The zero-order valence-corrected chi connectivity index (χ0v) is 15.7. The number of benzene rings is 1. The van der Waals surface area contributed by atoms with Crippen molar-refractivity contribution in [2.45, 2.75) is 26.7 Å². The molecular formula is C18H24N4O4. The second kappa shape index (κ2) is 8.89. The Morgan fingerprint density at radius 2 is 1.85 bits per heavy atom. The summed E-state index contributed by atoms with van der Waals surface area (Å²) >= 11 is 0. The molecule has 8 heteroatoms. The van der Waals surface area contributed by atoms with Crippen LogP contribution in [0.15, 0.2) is 17.2 Å². The van der Waals surface area contributed by atoms with Crippen molar-refractivity contribution in [2.24, 2.45) is 5.10 Å². The van der Waals surface area contributed by atoms with Crippen LogP contribution >= 0.6 is 0 Å². The van der Waals surface area contributed by atoms with Gasteiger partial charge < -0.3 is 14.2 Å². The monoisotopic (exact) mass is 360 g/mol. The molecule has 1 heterocycles. The second-order valence-electron chi connectivity index (χ2n) is 5.66. The number of ether oxygens (including phenoxy) is 3. The Bertz CT molecular complexity index is 754. The van der Waals surface area contributed by atoms with E-state index in [0.29, 0.717) is 35.7 Å². The van der Waals surface area contributed by atoms with Crippen molar-refractivity contribution < 1.29 is 19.0 Å². The van der Waals surface area contributed by atoms with Gasteiger partial charge >= 0.3 is 0 Å². The van der Waals surface area contributed by atoms with Gasteiger partial charge in [0.25, 0.3) is 0 Å². The molecule has 0 aliphatic rings. The Balaban J connectivity index is 1.98. The lowest BCUT2D eigenvalue weighted by atomic mass is 10.1. The number of hydrazone groups is 1. The summed E-state index contributed by atoms with van der Waals surface area (Å²) in [4.78, 5) is 12.0. The quantitative estimate of drug-likeness (QED) is 0.555. The van der Waals surface area contributed by atoms with E-state index in [9.17, 15) is 4.79 Å². The van der Waals surface area contributed by atoms with Crippen molar-refractivity contribution >= 4 is 12.1 Å². The van der Waals surface area contributed by atoms with E-state index in [-0.39, 0.29) is 5.91 Å². The van der Waals surface area contributed by atoms with Crippen molar-refractivity contribution in [1.82, 2.24) is 15.6 Å². The third-order valence-electron chi connectivity index (χ3n) is 3.97. The first-order valence-electron chi connectivity index (χ1n) is 8.12. The molecule has 2 rings (SSSR count). The average molecular weight is 360 g/mol. The molecule has 0 radical (unpaired) electrons. The molecule has 2 N–H and O–H groups in total. The number of carbonyl (C=O) groups is 1. The van der Waals surface area contributed by atoms with Gasteiger partial charge in [0.15, 0.2) is 11.5 Å². The number of aromatic nitrogens is 2. The van der Waals surface area contributed by atoms with Gasteiger partial charge in [-0.3, -0.25) is 9.89 Å².